The van der Waals surface area contributed by atoms with Gasteiger partial charge in [0.1, 0.15) is 36.6 Å². The summed E-state index contributed by atoms with van der Waals surface area (Å²) >= 11 is 0. The summed E-state index contributed by atoms with van der Waals surface area (Å²) in [6, 6.07) is -1.19. The molecule has 1 heterocycles. The predicted octanol–water partition coefficient (Wildman–Crippen LogP) is 16.2. The fourth-order valence-corrected chi connectivity index (χ4v) is 11.1. The Balaban J connectivity index is 2.22. The SMILES string of the molecule is CCCCCCCCCCC/C=C\C/C=C\CCCCCCCCCCCCCCCCC(O)C(=O)NC(COC1OC(CO)C(O)C(O)C1O)C(O)C(O)CCC/C=C/CCCCCCCCCCCCCCCCCCCC. The van der Waals surface area contributed by atoms with E-state index >= 15 is 0 Å². The summed E-state index contributed by atoms with van der Waals surface area (Å²) in [6.45, 7) is 3.49. The molecular formula is C69H131NO10. The van der Waals surface area contributed by atoms with Gasteiger partial charge in [-0.1, -0.05) is 294 Å². The van der Waals surface area contributed by atoms with Crippen LogP contribution in [0.5, 0.6) is 0 Å². The fourth-order valence-electron chi connectivity index (χ4n) is 11.1. The van der Waals surface area contributed by atoms with Crippen molar-refractivity contribution in [2.24, 2.45) is 0 Å². The molecule has 1 saturated heterocycles. The molecule has 1 amide bonds. The normalized spacial score (nSPS) is 19.4. The van der Waals surface area contributed by atoms with Gasteiger partial charge in [-0.15, -0.1) is 0 Å². The Hall–Kier alpha value is -1.67. The van der Waals surface area contributed by atoms with E-state index in [1.807, 2.05) is 0 Å². The molecule has 0 aromatic carbocycles. The minimum absolute atomic E-state index is 0.254. The molecule has 1 fully saturated rings. The molecule has 1 aliphatic rings. The lowest BCUT2D eigenvalue weighted by molar-refractivity contribution is -0.303. The summed E-state index contributed by atoms with van der Waals surface area (Å²) in [5.74, 6) is -0.702. The molecule has 0 bridgehead atoms. The van der Waals surface area contributed by atoms with Gasteiger partial charge in [0.25, 0.3) is 0 Å². The lowest BCUT2D eigenvalue weighted by atomic mass is 9.98. The van der Waals surface area contributed by atoms with Crippen LogP contribution in [-0.4, -0.2) is 110 Å². The zero-order valence-corrected chi connectivity index (χ0v) is 52.1. The van der Waals surface area contributed by atoms with Gasteiger partial charge < -0.3 is 50.5 Å². The van der Waals surface area contributed by atoms with E-state index in [4.69, 9.17) is 9.47 Å². The van der Waals surface area contributed by atoms with Crippen molar-refractivity contribution in [1.29, 1.82) is 0 Å². The number of carbonyl (C=O) groups excluding carboxylic acids is 1. The minimum atomic E-state index is -1.67. The predicted molar refractivity (Wildman–Crippen MR) is 335 cm³/mol. The third kappa shape index (κ3) is 44.8. The van der Waals surface area contributed by atoms with Crippen molar-refractivity contribution >= 4 is 5.91 Å². The number of amides is 1. The van der Waals surface area contributed by atoms with Crippen molar-refractivity contribution < 1.29 is 50.0 Å². The van der Waals surface area contributed by atoms with E-state index in [9.17, 15) is 40.5 Å². The van der Waals surface area contributed by atoms with E-state index in [-0.39, 0.29) is 12.8 Å². The second-order valence-corrected chi connectivity index (χ2v) is 24.2. The molecule has 0 radical (unpaired) electrons. The molecule has 0 saturated carbocycles. The first-order valence-corrected chi connectivity index (χ1v) is 34.4. The number of carbonyl (C=O) groups is 1. The molecule has 11 nitrogen and oxygen atoms in total. The summed E-state index contributed by atoms with van der Waals surface area (Å²) in [7, 11) is 0. The highest BCUT2D eigenvalue weighted by Crippen LogP contribution is 2.24. The Labute approximate surface area is 492 Å². The first kappa shape index (κ1) is 76.3. The fraction of sp³-hybridized carbons (Fsp3) is 0.899. The van der Waals surface area contributed by atoms with Gasteiger partial charge in [0.15, 0.2) is 6.29 Å². The Morgan fingerprint density at radius 3 is 1.15 bits per heavy atom. The molecule has 0 aromatic heterocycles. The number of allylic oxidation sites excluding steroid dienone is 6. The minimum Gasteiger partial charge on any atom is -0.394 e. The van der Waals surface area contributed by atoms with Crippen LogP contribution in [0.1, 0.15) is 328 Å². The summed E-state index contributed by atoms with van der Waals surface area (Å²) < 4.78 is 11.2. The molecule has 80 heavy (non-hydrogen) atoms. The second kappa shape index (κ2) is 57.7. The van der Waals surface area contributed by atoms with Gasteiger partial charge in [-0.2, -0.15) is 0 Å². The maximum atomic E-state index is 13.2. The van der Waals surface area contributed by atoms with E-state index in [0.717, 1.165) is 44.9 Å². The smallest absolute Gasteiger partial charge is 0.249 e. The van der Waals surface area contributed by atoms with Gasteiger partial charge in [-0.05, 0) is 70.6 Å². The standard InChI is InChI=1S/C69H131NO10/c1-3-5-7-9-11-13-15-17-19-21-23-25-27-28-29-30-31-32-33-35-37-39-41-43-45-47-49-51-53-55-57-62(73)68(78)70-60(59-79-69-67(77)66(76)65(75)63(58-71)80-69)64(74)61(72)56-54-52-50-48-46-44-42-40-38-36-34-26-24-22-20-18-16-14-12-10-8-6-4-2/h23,25,28-29,48,50,60-67,69,71-77H,3-22,24,26-27,30-47,49,51-59H2,1-2H3,(H,70,78)/b25-23-,29-28-,50-48+. The van der Waals surface area contributed by atoms with E-state index in [1.165, 1.54) is 244 Å². The van der Waals surface area contributed by atoms with Gasteiger partial charge >= 0.3 is 0 Å². The van der Waals surface area contributed by atoms with Crippen LogP contribution in [-0.2, 0) is 14.3 Å². The number of rotatable bonds is 60. The van der Waals surface area contributed by atoms with E-state index < -0.39 is 74.2 Å². The summed E-state index contributed by atoms with van der Waals surface area (Å²) in [5, 5.41) is 76.4. The van der Waals surface area contributed by atoms with E-state index in [2.05, 4.69) is 55.6 Å². The Morgan fingerprint density at radius 2 is 0.775 bits per heavy atom. The van der Waals surface area contributed by atoms with Gasteiger partial charge in [0.05, 0.1) is 25.4 Å². The molecule has 472 valence electrons. The molecule has 1 rings (SSSR count). The molecule has 11 heteroatoms. The van der Waals surface area contributed by atoms with Crippen molar-refractivity contribution in [1.82, 2.24) is 5.32 Å². The summed E-state index contributed by atoms with van der Waals surface area (Å²) in [5.41, 5.74) is 0. The van der Waals surface area contributed by atoms with Crippen LogP contribution >= 0.6 is 0 Å². The molecule has 9 unspecified atom stereocenters. The highest BCUT2D eigenvalue weighted by molar-refractivity contribution is 5.80. The number of aliphatic hydroxyl groups excluding tert-OH is 7. The summed E-state index contributed by atoms with van der Waals surface area (Å²) in [4.78, 5) is 13.2. The van der Waals surface area contributed by atoms with Crippen molar-refractivity contribution in [3.63, 3.8) is 0 Å². The van der Waals surface area contributed by atoms with Gasteiger partial charge in [0.2, 0.25) is 5.91 Å². The van der Waals surface area contributed by atoms with Crippen LogP contribution in [0.25, 0.3) is 0 Å². The Morgan fingerprint density at radius 1 is 0.438 bits per heavy atom. The quantitative estimate of drug-likeness (QED) is 0.0215. The van der Waals surface area contributed by atoms with Crippen LogP contribution in [0.4, 0.5) is 0 Å². The zero-order valence-electron chi connectivity index (χ0n) is 52.1. The zero-order chi connectivity index (χ0) is 58.2. The number of hydrogen-bond acceptors (Lipinski definition) is 10. The van der Waals surface area contributed by atoms with Crippen molar-refractivity contribution in [3.8, 4) is 0 Å². The van der Waals surface area contributed by atoms with E-state index in [0.29, 0.717) is 12.8 Å². The molecule has 0 spiro atoms. The molecular weight excluding hydrogens is 1000 g/mol. The number of nitrogens with one attached hydrogen (secondary N) is 1. The molecule has 1 aliphatic heterocycles. The average Bonchev–Trinajstić information content (AvgIpc) is 3.47. The van der Waals surface area contributed by atoms with Crippen LogP contribution < -0.4 is 5.32 Å². The van der Waals surface area contributed by atoms with Crippen LogP contribution in [0, 0.1) is 0 Å². The van der Waals surface area contributed by atoms with Crippen molar-refractivity contribution in [2.45, 2.75) is 384 Å². The maximum Gasteiger partial charge on any atom is 0.249 e. The summed E-state index contributed by atoms with van der Waals surface area (Å²) in [6.07, 6.45) is 62.2. The van der Waals surface area contributed by atoms with Crippen molar-refractivity contribution in [3.05, 3.63) is 36.5 Å². The second-order valence-electron chi connectivity index (χ2n) is 24.2. The van der Waals surface area contributed by atoms with Gasteiger partial charge in [0, 0.05) is 0 Å². The Kier molecular flexibility index (Phi) is 55.1. The van der Waals surface area contributed by atoms with Gasteiger partial charge in [-0.3, -0.25) is 4.79 Å². The van der Waals surface area contributed by atoms with Crippen molar-refractivity contribution in [2.75, 3.05) is 13.2 Å². The van der Waals surface area contributed by atoms with E-state index in [1.54, 1.807) is 0 Å². The number of aliphatic hydroxyl groups is 7. The van der Waals surface area contributed by atoms with Crippen LogP contribution in [0.2, 0.25) is 0 Å². The molecule has 8 N–H and O–H groups in total. The third-order valence-corrected chi connectivity index (χ3v) is 16.7. The molecule has 0 aliphatic carbocycles. The average molecular weight is 1130 g/mol. The number of unbranched alkanes of at least 4 members (excludes halogenated alkanes) is 42. The lowest BCUT2D eigenvalue weighted by Crippen LogP contribution is -2.60. The molecule has 0 aromatic rings. The monoisotopic (exact) mass is 1130 g/mol. The Bertz CT molecular complexity index is 1390. The highest BCUT2D eigenvalue weighted by atomic mass is 16.7. The molecule has 9 atom stereocenters. The van der Waals surface area contributed by atoms with Gasteiger partial charge in [-0.25, -0.2) is 0 Å². The first-order valence-electron chi connectivity index (χ1n) is 34.4. The van der Waals surface area contributed by atoms with Crippen LogP contribution in [0.3, 0.4) is 0 Å². The maximum absolute atomic E-state index is 13.2. The number of hydrogen-bond donors (Lipinski definition) is 8. The van der Waals surface area contributed by atoms with Crippen LogP contribution in [0.15, 0.2) is 36.5 Å². The highest BCUT2D eigenvalue weighted by Gasteiger charge is 2.44. The lowest BCUT2D eigenvalue weighted by Gasteiger charge is -2.40. The third-order valence-electron chi connectivity index (χ3n) is 16.7. The number of ether oxygens (including phenoxy) is 2. The topological polar surface area (TPSA) is 189 Å². The first-order chi connectivity index (χ1) is 39.2. The largest absolute Gasteiger partial charge is 0.394 e.